The van der Waals surface area contributed by atoms with Crippen molar-refractivity contribution in [3.8, 4) is 0 Å². The first-order valence-corrected chi connectivity index (χ1v) is 11.1. The third-order valence-electron chi connectivity index (χ3n) is 6.46. The topological polar surface area (TPSA) is 95.5 Å². The Bertz CT molecular complexity index is 864. The molecular formula is C22H30N2O4S. The van der Waals surface area contributed by atoms with E-state index in [0.717, 1.165) is 47.3 Å². The third-order valence-corrected chi connectivity index (χ3v) is 7.58. The summed E-state index contributed by atoms with van der Waals surface area (Å²) in [6, 6.07) is 0.191. The summed E-state index contributed by atoms with van der Waals surface area (Å²) in [4.78, 5) is 38.7. The normalized spacial score (nSPS) is 22.6. The quantitative estimate of drug-likeness (QED) is 0.617. The molecule has 2 atom stereocenters. The Balaban J connectivity index is 1.82. The Morgan fingerprint density at radius 1 is 0.966 bits per heavy atom. The SMILES string of the molecule is CC1=C(C)C[C@H](C(=O)Nc2sc(C)c(C)c2C(=O)NC2CCCC2)[C@@H](C(=O)O)C1. The van der Waals surface area contributed by atoms with Crippen LogP contribution in [-0.2, 0) is 9.59 Å². The number of nitrogens with one attached hydrogen (secondary N) is 2. The molecular weight excluding hydrogens is 388 g/mol. The molecule has 6 nitrogen and oxygen atoms in total. The van der Waals surface area contributed by atoms with E-state index in [1.54, 1.807) is 0 Å². The Morgan fingerprint density at radius 3 is 2.14 bits per heavy atom. The first kappa shape index (κ1) is 21.6. The number of anilines is 1. The molecule has 1 fully saturated rings. The van der Waals surface area contributed by atoms with E-state index < -0.39 is 17.8 Å². The molecule has 0 radical (unpaired) electrons. The zero-order valence-electron chi connectivity index (χ0n) is 17.6. The van der Waals surface area contributed by atoms with Crippen molar-refractivity contribution in [2.24, 2.45) is 11.8 Å². The molecule has 0 spiro atoms. The maximum Gasteiger partial charge on any atom is 0.307 e. The first-order valence-electron chi connectivity index (χ1n) is 10.3. The van der Waals surface area contributed by atoms with Gasteiger partial charge in [0.2, 0.25) is 5.91 Å². The van der Waals surface area contributed by atoms with Gasteiger partial charge in [0.25, 0.3) is 5.91 Å². The average Bonchev–Trinajstić information content (AvgIpc) is 3.25. The van der Waals surface area contributed by atoms with Gasteiger partial charge in [-0.15, -0.1) is 11.3 Å². The lowest BCUT2D eigenvalue weighted by Gasteiger charge is -2.29. The van der Waals surface area contributed by atoms with E-state index in [9.17, 15) is 19.5 Å². The zero-order valence-corrected chi connectivity index (χ0v) is 18.4. The van der Waals surface area contributed by atoms with Crippen LogP contribution in [-0.4, -0.2) is 28.9 Å². The van der Waals surface area contributed by atoms with Gasteiger partial charge in [0, 0.05) is 10.9 Å². The van der Waals surface area contributed by atoms with Gasteiger partial charge >= 0.3 is 5.97 Å². The lowest BCUT2D eigenvalue weighted by Crippen LogP contribution is -2.37. The first-order chi connectivity index (χ1) is 13.7. The van der Waals surface area contributed by atoms with Crippen LogP contribution in [0.1, 0.15) is 73.2 Å². The number of carboxylic acids is 1. The van der Waals surface area contributed by atoms with Crippen molar-refractivity contribution < 1.29 is 19.5 Å². The van der Waals surface area contributed by atoms with Crippen LogP contribution in [0.25, 0.3) is 0 Å². The molecule has 2 aliphatic rings. The number of rotatable bonds is 5. The van der Waals surface area contributed by atoms with Crippen molar-refractivity contribution in [3.63, 3.8) is 0 Å². The maximum atomic E-state index is 13.1. The molecule has 1 aromatic heterocycles. The summed E-state index contributed by atoms with van der Waals surface area (Å²) in [5.41, 5.74) is 3.49. The van der Waals surface area contributed by atoms with Gasteiger partial charge in [-0.05, 0) is 58.9 Å². The highest BCUT2D eigenvalue weighted by molar-refractivity contribution is 7.16. The number of carboxylic acid groups (broad SMARTS) is 1. The fourth-order valence-corrected chi connectivity index (χ4v) is 5.41. The molecule has 3 N–H and O–H groups in total. The molecule has 2 amide bonds. The fourth-order valence-electron chi connectivity index (χ4n) is 4.35. The standard InChI is InChI=1S/C22H30N2O4S/c1-11-9-16(17(22(27)28)10-12(11)2)19(25)24-21-18(13(3)14(4)29-21)20(26)23-15-7-5-6-8-15/h15-17H,5-10H2,1-4H3,(H,23,26)(H,24,25)(H,27,28)/t16-,17-/m0/s1. The van der Waals surface area contributed by atoms with Crippen LogP contribution in [0.2, 0.25) is 0 Å². The lowest BCUT2D eigenvalue weighted by atomic mass is 9.76. The Morgan fingerprint density at radius 2 is 1.55 bits per heavy atom. The molecule has 0 unspecified atom stereocenters. The van der Waals surface area contributed by atoms with Crippen LogP contribution in [0.5, 0.6) is 0 Å². The van der Waals surface area contributed by atoms with Crippen molar-refractivity contribution >= 4 is 34.1 Å². The molecule has 0 saturated heterocycles. The minimum absolute atomic E-state index is 0.153. The van der Waals surface area contributed by atoms with Crippen molar-refractivity contribution in [3.05, 3.63) is 27.2 Å². The molecule has 2 aliphatic carbocycles. The number of carbonyl (C=O) groups excluding carboxylic acids is 2. The highest BCUT2D eigenvalue weighted by atomic mass is 32.1. The Hall–Kier alpha value is -2.15. The summed E-state index contributed by atoms with van der Waals surface area (Å²) in [5, 5.41) is 16.1. The second-order valence-electron chi connectivity index (χ2n) is 8.45. The summed E-state index contributed by atoms with van der Waals surface area (Å²) in [5.74, 6) is -2.80. The van der Waals surface area contributed by atoms with Gasteiger partial charge in [-0.3, -0.25) is 14.4 Å². The van der Waals surface area contributed by atoms with E-state index >= 15 is 0 Å². The highest BCUT2D eigenvalue weighted by Crippen LogP contribution is 2.37. The zero-order chi connectivity index (χ0) is 21.3. The minimum atomic E-state index is -0.949. The number of carbonyl (C=O) groups is 3. The van der Waals surface area contributed by atoms with Crippen molar-refractivity contribution in [2.75, 3.05) is 5.32 Å². The van der Waals surface area contributed by atoms with Crippen LogP contribution < -0.4 is 10.6 Å². The second-order valence-corrected chi connectivity index (χ2v) is 9.68. The number of aliphatic carboxylic acids is 1. The summed E-state index contributed by atoms with van der Waals surface area (Å²) in [7, 11) is 0. The predicted molar refractivity (Wildman–Crippen MR) is 114 cm³/mol. The van der Waals surface area contributed by atoms with Gasteiger partial charge in [-0.25, -0.2) is 0 Å². The van der Waals surface area contributed by atoms with E-state index in [1.807, 2.05) is 27.7 Å². The minimum Gasteiger partial charge on any atom is -0.481 e. The molecule has 7 heteroatoms. The summed E-state index contributed by atoms with van der Waals surface area (Å²) in [6.45, 7) is 7.70. The van der Waals surface area contributed by atoms with Crippen LogP contribution in [0, 0.1) is 25.7 Å². The van der Waals surface area contributed by atoms with Gasteiger partial charge in [0.15, 0.2) is 0 Å². The van der Waals surface area contributed by atoms with Gasteiger partial charge in [0.05, 0.1) is 17.4 Å². The molecule has 1 heterocycles. The third kappa shape index (κ3) is 4.55. The van der Waals surface area contributed by atoms with Crippen molar-refractivity contribution in [2.45, 2.75) is 72.3 Å². The van der Waals surface area contributed by atoms with Crippen LogP contribution in [0.3, 0.4) is 0 Å². The van der Waals surface area contributed by atoms with Crippen LogP contribution in [0.4, 0.5) is 5.00 Å². The Kier molecular flexibility index (Phi) is 6.46. The molecule has 0 aliphatic heterocycles. The smallest absolute Gasteiger partial charge is 0.307 e. The van der Waals surface area contributed by atoms with Crippen molar-refractivity contribution in [1.29, 1.82) is 0 Å². The molecule has 3 rings (SSSR count). The molecule has 0 bridgehead atoms. The molecule has 1 aromatic rings. The van der Waals surface area contributed by atoms with Gasteiger partial charge in [0.1, 0.15) is 5.00 Å². The molecule has 1 saturated carbocycles. The fraction of sp³-hybridized carbons (Fsp3) is 0.591. The van der Waals surface area contributed by atoms with Crippen molar-refractivity contribution in [1.82, 2.24) is 5.32 Å². The maximum absolute atomic E-state index is 13.1. The Labute approximate surface area is 175 Å². The second kappa shape index (κ2) is 8.69. The summed E-state index contributed by atoms with van der Waals surface area (Å²) >= 11 is 1.38. The monoisotopic (exact) mass is 418 g/mol. The molecule has 29 heavy (non-hydrogen) atoms. The van der Waals surface area contributed by atoms with Crippen LogP contribution in [0.15, 0.2) is 11.1 Å². The van der Waals surface area contributed by atoms with Gasteiger partial charge in [-0.1, -0.05) is 24.0 Å². The summed E-state index contributed by atoms with van der Waals surface area (Å²) in [6.07, 6.45) is 5.05. The van der Waals surface area contributed by atoms with E-state index in [2.05, 4.69) is 10.6 Å². The number of aryl methyl sites for hydroxylation is 1. The van der Waals surface area contributed by atoms with Gasteiger partial charge < -0.3 is 15.7 Å². The highest BCUT2D eigenvalue weighted by Gasteiger charge is 2.38. The number of amides is 2. The molecule has 158 valence electrons. The van der Waals surface area contributed by atoms with Gasteiger partial charge in [-0.2, -0.15) is 0 Å². The largest absolute Gasteiger partial charge is 0.481 e. The van der Waals surface area contributed by atoms with E-state index in [0.29, 0.717) is 23.4 Å². The number of hydrogen-bond acceptors (Lipinski definition) is 4. The average molecular weight is 419 g/mol. The van der Waals surface area contributed by atoms with Crippen LogP contribution >= 0.6 is 11.3 Å². The number of hydrogen-bond donors (Lipinski definition) is 3. The van der Waals surface area contributed by atoms with E-state index in [4.69, 9.17) is 0 Å². The molecule has 0 aromatic carbocycles. The lowest BCUT2D eigenvalue weighted by molar-refractivity contribution is -0.146. The predicted octanol–water partition coefficient (Wildman–Crippen LogP) is 4.42. The van der Waals surface area contributed by atoms with E-state index in [1.165, 1.54) is 11.3 Å². The summed E-state index contributed by atoms with van der Waals surface area (Å²) < 4.78 is 0. The van der Waals surface area contributed by atoms with E-state index in [-0.39, 0.29) is 17.9 Å². The number of allylic oxidation sites excluding steroid dienone is 2. The number of thiophene rings is 1.